The number of carbonyl (C=O) groups is 2. The second-order valence-corrected chi connectivity index (χ2v) is 15.3. The van der Waals surface area contributed by atoms with E-state index in [1.54, 1.807) is 67.4 Å². The van der Waals surface area contributed by atoms with Gasteiger partial charge in [0.2, 0.25) is 11.5 Å². The van der Waals surface area contributed by atoms with Gasteiger partial charge in [-0.2, -0.15) is 0 Å². The first kappa shape index (κ1) is 40.0. The van der Waals surface area contributed by atoms with Crippen molar-refractivity contribution in [2.45, 2.75) is 65.2 Å². The van der Waals surface area contributed by atoms with Crippen LogP contribution < -0.4 is 28.4 Å². The minimum absolute atomic E-state index is 0.137. The third-order valence-corrected chi connectivity index (χ3v) is 11.7. The summed E-state index contributed by atoms with van der Waals surface area (Å²) in [7, 11) is 9.41. The molecule has 2 N–H and O–H groups in total. The molecule has 304 valence electrons. The maximum atomic E-state index is 13.2. The molecule has 14 nitrogen and oxygen atoms in total. The van der Waals surface area contributed by atoms with Gasteiger partial charge in [0.1, 0.15) is 11.0 Å². The Labute approximate surface area is 337 Å². The monoisotopic (exact) mass is 790 g/mol. The van der Waals surface area contributed by atoms with Crippen LogP contribution in [0.1, 0.15) is 85.9 Å². The second-order valence-electron chi connectivity index (χ2n) is 15.3. The number of hydrogen-bond donors (Lipinski definition) is 2. The summed E-state index contributed by atoms with van der Waals surface area (Å²) in [6.07, 6.45) is 14.8. The number of ketones is 2. The molecule has 6 aromatic rings. The van der Waals surface area contributed by atoms with Crippen LogP contribution in [0.15, 0.2) is 49.1 Å². The van der Waals surface area contributed by atoms with Crippen LogP contribution in [0.25, 0.3) is 44.8 Å². The van der Waals surface area contributed by atoms with Crippen molar-refractivity contribution in [2.24, 2.45) is 10.8 Å². The molecule has 14 heteroatoms. The Morgan fingerprint density at radius 2 is 0.862 bits per heavy atom. The first-order valence-electron chi connectivity index (χ1n) is 19.4. The molecule has 0 spiro atoms. The second kappa shape index (κ2) is 16.4. The van der Waals surface area contributed by atoms with Crippen molar-refractivity contribution in [3.63, 3.8) is 0 Å². The van der Waals surface area contributed by atoms with E-state index in [1.165, 1.54) is 0 Å². The van der Waals surface area contributed by atoms with E-state index in [2.05, 4.69) is 33.8 Å². The average molecular weight is 791 g/mol. The van der Waals surface area contributed by atoms with Gasteiger partial charge in [0, 0.05) is 34.4 Å². The molecule has 58 heavy (non-hydrogen) atoms. The van der Waals surface area contributed by atoms with Gasteiger partial charge in [-0.1, -0.05) is 39.5 Å². The lowest BCUT2D eigenvalue weighted by Gasteiger charge is -2.20. The predicted octanol–water partition coefficient (Wildman–Crippen LogP) is 8.83. The Morgan fingerprint density at radius 3 is 1.16 bits per heavy atom. The Balaban J connectivity index is 0.000000177. The SMILES string of the molecule is COc1cc(-c2cnc3[nH]cc(C(=O)C4(C)CCCC4)c3n2)cc(OC)c1OC.COc1cc(-c2cnc3[nH]cc(C(=O)C4(C)CCCC4)c3n2)cc(OC)c1OC. The zero-order chi connectivity index (χ0) is 41.2. The molecule has 0 atom stereocenters. The topological polar surface area (TPSA) is 173 Å². The molecule has 2 saturated carbocycles. The molecule has 2 fully saturated rings. The van der Waals surface area contributed by atoms with E-state index in [4.69, 9.17) is 38.4 Å². The molecule has 0 radical (unpaired) electrons. The van der Waals surface area contributed by atoms with Gasteiger partial charge in [0.15, 0.2) is 45.9 Å². The number of methoxy groups -OCH3 is 6. The molecular weight excluding hydrogens is 741 g/mol. The van der Waals surface area contributed by atoms with Crippen molar-refractivity contribution in [1.29, 1.82) is 0 Å². The minimum atomic E-state index is -0.320. The molecule has 0 bridgehead atoms. The van der Waals surface area contributed by atoms with Gasteiger partial charge in [-0.25, -0.2) is 19.9 Å². The van der Waals surface area contributed by atoms with Gasteiger partial charge in [-0.3, -0.25) is 9.59 Å². The van der Waals surface area contributed by atoms with Crippen LogP contribution in [-0.4, -0.2) is 84.1 Å². The largest absolute Gasteiger partial charge is 0.493 e. The molecule has 0 amide bonds. The summed E-state index contributed by atoms with van der Waals surface area (Å²) >= 11 is 0. The molecule has 4 heterocycles. The fourth-order valence-electron chi connectivity index (χ4n) is 8.28. The molecule has 0 saturated heterocycles. The molecule has 2 aromatic carbocycles. The molecule has 0 unspecified atom stereocenters. The number of nitrogens with zero attached hydrogens (tertiary/aromatic N) is 4. The third-order valence-electron chi connectivity index (χ3n) is 11.7. The van der Waals surface area contributed by atoms with Crippen LogP contribution in [-0.2, 0) is 0 Å². The van der Waals surface area contributed by atoms with Crippen molar-refractivity contribution < 1.29 is 38.0 Å². The van der Waals surface area contributed by atoms with E-state index in [1.807, 2.05) is 24.3 Å². The van der Waals surface area contributed by atoms with Crippen LogP contribution in [0.4, 0.5) is 0 Å². The van der Waals surface area contributed by atoms with Gasteiger partial charge in [0.05, 0.1) is 77.6 Å². The first-order valence-corrected chi connectivity index (χ1v) is 19.4. The van der Waals surface area contributed by atoms with E-state index in [0.29, 0.717) is 79.3 Å². The van der Waals surface area contributed by atoms with Crippen molar-refractivity contribution in [1.82, 2.24) is 29.9 Å². The molecular formula is C44H50N6O8. The van der Waals surface area contributed by atoms with Crippen LogP contribution in [0.5, 0.6) is 34.5 Å². The zero-order valence-corrected chi connectivity index (χ0v) is 34.3. The molecule has 4 aromatic heterocycles. The fourth-order valence-corrected chi connectivity index (χ4v) is 8.28. The Bertz CT molecular complexity index is 2260. The quantitative estimate of drug-likeness (QED) is 0.113. The molecule has 0 aliphatic heterocycles. The number of benzene rings is 2. The first-order chi connectivity index (χ1) is 28.0. The Morgan fingerprint density at radius 1 is 0.534 bits per heavy atom. The van der Waals surface area contributed by atoms with Crippen molar-refractivity contribution in [3.8, 4) is 57.0 Å². The number of ether oxygens (including phenoxy) is 6. The molecule has 2 aliphatic carbocycles. The van der Waals surface area contributed by atoms with E-state index in [0.717, 1.165) is 62.5 Å². The smallest absolute Gasteiger partial charge is 0.203 e. The molecule has 2 aliphatic rings. The lowest BCUT2D eigenvalue weighted by atomic mass is 9.81. The van der Waals surface area contributed by atoms with E-state index < -0.39 is 0 Å². The van der Waals surface area contributed by atoms with Crippen molar-refractivity contribution in [2.75, 3.05) is 42.7 Å². The number of carbonyl (C=O) groups excluding carboxylic acids is 2. The summed E-state index contributed by atoms with van der Waals surface area (Å²) in [5, 5.41) is 0. The zero-order valence-electron chi connectivity index (χ0n) is 34.3. The van der Waals surface area contributed by atoms with Crippen LogP contribution in [0.2, 0.25) is 0 Å². The van der Waals surface area contributed by atoms with E-state index in [9.17, 15) is 9.59 Å². The predicted molar refractivity (Wildman–Crippen MR) is 220 cm³/mol. The number of nitrogens with one attached hydrogen (secondary N) is 2. The summed E-state index contributed by atoms with van der Waals surface area (Å²) in [6, 6.07) is 7.29. The lowest BCUT2D eigenvalue weighted by molar-refractivity contribution is 0.0819. The van der Waals surface area contributed by atoms with Crippen molar-refractivity contribution >= 4 is 33.9 Å². The summed E-state index contributed by atoms with van der Waals surface area (Å²) < 4.78 is 32.6. The van der Waals surface area contributed by atoms with Crippen LogP contribution in [0, 0.1) is 10.8 Å². The lowest BCUT2D eigenvalue weighted by Crippen LogP contribution is -2.24. The number of aromatic nitrogens is 6. The van der Waals surface area contributed by atoms with Crippen LogP contribution >= 0.6 is 0 Å². The highest BCUT2D eigenvalue weighted by molar-refractivity contribution is 6.09. The van der Waals surface area contributed by atoms with Crippen LogP contribution in [0.3, 0.4) is 0 Å². The van der Waals surface area contributed by atoms with Gasteiger partial charge >= 0.3 is 0 Å². The fraction of sp³-hybridized carbons (Fsp3) is 0.409. The summed E-state index contributed by atoms with van der Waals surface area (Å²) in [5.41, 5.74) is 5.74. The molecule has 8 rings (SSSR count). The minimum Gasteiger partial charge on any atom is -0.493 e. The third kappa shape index (κ3) is 7.27. The van der Waals surface area contributed by atoms with Crippen molar-refractivity contribution in [3.05, 3.63) is 60.2 Å². The highest BCUT2D eigenvalue weighted by Crippen LogP contribution is 2.45. The van der Waals surface area contributed by atoms with Gasteiger partial charge in [-0.15, -0.1) is 0 Å². The highest BCUT2D eigenvalue weighted by Gasteiger charge is 2.39. The summed E-state index contributed by atoms with van der Waals surface area (Å²) in [5.74, 6) is 3.44. The highest BCUT2D eigenvalue weighted by atomic mass is 16.5. The maximum Gasteiger partial charge on any atom is 0.203 e. The Hall–Kier alpha value is -6.18. The number of hydrogen-bond acceptors (Lipinski definition) is 12. The van der Waals surface area contributed by atoms with E-state index in [-0.39, 0.29) is 22.4 Å². The summed E-state index contributed by atoms with van der Waals surface area (Å²) in [6.45, 7) is 4.11. The number of aromatic amines is 2. The normalized spacial score (nSPS) is 15.4. The van der Waals surface area contributed by atoms with Gasteiger partial charge in [0.25, 0.3) is 0 Å². The summed E-state index contributed by atoms with van der Waals surface area (Å²) in [4.78, 5) is 51.1. The van der Waals surface area contributed by atoms with Gasteiger partial charge in [-0.05, 0) is 49.9 Å². The number of rotatable bonds is 12. The number of Topliss-reactive ketones (excluding diaryl/α,β-unsaturated/α-hetero) is 2. The Kier molecular flexibility index (Phi) is 11.3. The van der Waals surface area contributed by atoms with E-state index >= 15 is 0 Å². The average Bonchev–Trinajstić information content (AvgIpc) is 4.09. The maximum absolute atomic E-state index is 13.2. The standard InChI is InChI=1S/2C22H25N3O4/c2*1-22(7-5-6-8-22)20(26)14-11-23-21-18(14)25-15(12-24-21)13-9-16(27-2)19(29-4)17(10-13)28-3/h2*9-12H,5-8H2,1-4H3,(H,23,24). The number of H-pyrrole nitrogens is 2. The number of fused-ring (bicyclic) bond motifs is 2. The van der Waals surface area contributed by atoms with Gasteiger partial charge < -0.3 is 38.4 Å².